The maximum atomic E-state index is 12.7. The van der Waals surface area contributed by atoms with Crippen LogP contribution in [0.25, 0.3) is 32.5 Å². The number of amides is 1. The van der Waals surface area contributed by atoms with E-state index in [9.17, 15) is 9.59 Å². The lowest BCUT2D eigenvalue weighted by Crippen LogP contribution is -2.57. The van der Waals surface area contributed by atoms with Crippen molar-refractivity contribution in [2.75, 3.05) is 13.1 Å². The minimum atomic E-state index is -0.529. The number of aromatic amines is 1. The van der Waals surface area contributed by atoms with Gasteiger partial charge in [0.2, 0.25) is 0 Å². The molecular weight excluding hydrogens is 428 g/mol. The monoisotopic (exact) mass is 450 g/mol. The second kappa shape index (κ2) is 7.59. The van der Waals surface area contributed by atoms with Crippen molar-refractivity contribution >= 4 is 38.4 Å². The summed E-state index contributed by atoms with van der Waals surface area (Å²) in [5.74, 6) is 0.987. The molecule has 1 aliphatic heterocycles. The average Bonchev–Trinajstić information content (AvgIpc) is 3.17. The van der Waals surface area contributed by atoms with Gasteiger partial charge in [-0.25, -0.2) is 9.78 Å². The van der Waals surface area contributed by atoms with Crippen molar-refractivity contribution in [3.63, 3.8) is 0 Å². The van der Waals surface area contributed by atoms with E-state index in [1.807, 2.05) is 38.3 Å². The van der Waals surface area contributed by atoms with Gasteiger partial charge in [0.05, 0.1) is 28.7 Å². The number of carbonyl (C=O) groups is 1. The van der Waals surface area contributed by atoms with E-state index in [1.54, 1.807) is 40.6 Å². The van der Waals surface area contributed by atoms with Gasteiger partial charge in [-0.2, -0.15) is 0 Å². The number of nitrogens with one attached hydrogen (secondary N) is 1. The van der Waals surface area contributed by atoms with E-state index in [4.69, 9.17) is 9.47 Å². The fourth-order valence-electron chi connectivity index (χ4n) is 3.49. The van der Waals surface area contributed by atoms with Crippen molar-refractivity contribution in [2.24, 2.45) is 0 Å². The van der Waals surface area contributed by atoms with Crippen LogP contribution in [0.3, 0.4) is 0 Å². The number of benzene rings is 1. The van der Waals surface area contributed by atoms with Gasteiger partial charge in [-0.15, -0.1) is 11.3 Å². The number of pyridine rings is 1. The Labute approximate surface area is 187 Å². The normalized spacial score (nSPS) is 14.5. The molecule has 0 bridgehead atoms. The Morgan fingerprint density at radius 3 is 2.81 bits per heavy atom. The highest BCUT2D eigenvalue weighted by Crippen LogP contribution is 2.26. The summed E-state index contributed by atoms with van der Waals surface area (Å²) >= 11 is 1.62. The Hall–Kier alpha value is -3.46. The Kier molecular flexibility index (Phi) is 4.85. The third-order valence-electron chi connectivity index (χ3n) is 5.06. The third kappa shape index (κ3) is 4.03. The number of hydrogen-bond donors (Lipinski definition) is 1. The summed E-state index contributed by atoms with van der Waals surface area (Å²) in [5, 5.41) is 3.50. The van der Waals surface area contributed by atoms with E-state index >= 15 is 0 Å². The number of thiophene rings is 1. The first-order chi connectivity index (χ1) is 15.2. The van der Waals surface area contributed by atoms with Gasteiger partial charge < -0.3 is 19.4 Å². The molecule has 8 nitrogen and oxygen atoms in total. The van der Waals surface area contributed by atoms with Gasteiger partial charge in [-0.05, 0) is 61.9 Å². The Balaban J connectivity index is 1.32. The van der Waals surface area contributed by atoms with Crippen LogP contribution < -0.4 is 10.3 Å². The zero-order chi connectivity index (χ0) is 22.5. The molecule has 5 rings (SSSR count). The van der Waals surface area contributed by atoms with Crippen LogP contribution in [0.2, 0.25) is 0 Å². The van der Waals surface area contributed by atoms with Gasteiger partial charge in [0.1, 0.15) is 23.1 Å². The summed E-state index contributed by atoms with van der Waals surface area (Å²) < 4.78 is 12.4. The minimum absolute atomic E-state index is 0.146. The number of carbonyl (C=O) groups excluding carboxylic acids is 1. The number of ether oxygens (including phenoxy) is 2. The molecule has 1 aliphatic rings. The summed E-state index contributed by atoms with van der Waals surface area (Å²) in [6, 6.07) is 9.15. The molecule has 0 spiro atoms. The van der Waals surface area contributed by atoms with Crippen molar-refractivity contribution < 1.29 is 14.3 Å². The van der Waals surface area contributed by atoms with Crippen LogP contribution in [-0.4, -0.2) is 50.7 Å². The van der Waals surface area contributed by atoms with Crippen molar-refractivity contribution in [2.45, 2.75) is 32.5 Å². The highest BCUT2D eigenvalue weighted by Gasteiger charge is 2.35. The zero-order valence-corrected chi connectivity index (χ0v) is 18.7. The largest absolute Gasteiger partial charge is 0.487 e. The van der Waals surface area contributed by atoms with Crippen molar-refractivity contribution in [1.29, 1.82) is 0 Å². The molecule has 0 radical (unpaired) electrons. The van der Waals surface area contributed by atoms with E-state index in [1.165, 1.54) is 0 Å². The molecule has 1 fully saturated rings. The van der Waals surface area contributed by atoms with Crippen molar-refractivity contribution in [3.05, 3.63) is 52.3 Å². The van der Waals surface area contributed by atoms with Gasteiger partial charge in [-0.1, -0.05) is 0 Å². The number of likely N-dealkylation sites (tertiary alicyclic amines) is 1. The zero-order valence-electron chi connectivity index (χ0n) is 17.9. The fraction of sp³-hybridized carbons (Fsp3) is 0.304. The van der Waals surface area contributed by atoms with Gasteiger partial charge in [0.25, 0.3) is 5.56 Å². The third-order valence-corrected chi connectivity index (χ3v) is 5.93. The van der Waals surface area contributed by atoms with Crippen LogP contribution in [0.15, 0.2) is 46.7 Å². The highest BCUT2D eigenvalue weighted by molar-refractivity contribution is 7.17. The topological polar surface area (TPSA) is 97.4 Å². The number of rotatable bonds is 3. The van der Waals surface area contributed by atoms with Crippen LogP contribution in [0, 0.1) is 0 Å². The highest BCUT2D eigenvalue weighted by atomic mass is 32.1. The van der Waals surface area contributed by atoms with E-state index in [2.05, 4.69) is 15.0 Å². The van der Waals surface area contributed by atoms with Crippen molar-refractivity contribution in [3.8, 4) is 17.3 Å². The summed E-state index contributed by atoms with van der Waals surface area (Å²) in [6.45, 7) is 6.39. The number of nitrogens with zero attached hydrogens (tertiary/aromatic N) is 3. The first-order valence-electron chi connectivity index (χ1n) is 10.3. The van der Waals surface area contributed by atoms with Crippen LogP contribution in [0.4, 0.5) is 4.79 Å². The molecule has 164 valence electrons. The number of hydrogen-bond acceptors (Lipinski definition) is 7. The maximum Gasteiger partial charge on any atom is 0.410 e. The molecule has 3 aromatic heterocycles. The average molecular weight is 451 g/mol. The number of fused-ring (bicyclic) bond motifs is 2. The Bertz CT molecular complexity index is 1380. The lowest BCUT2D eigenvalue weighted by atomic mass is 10.1. The van der Waals surface area contributed by atoms with E-state index < -0.39 is 5.60 Å². The molecular formula is C23H22N4O4S. The van der Waals surface area contributed by atoms with E-state index in [0.29, 0.717) is 41.3 Å². The quantitative estimate of drug-likeness (QED) is 0.502. The standard InChI is InChI=1S/C23H22N4O4S/c1-23(2,3)31-22(29)27-11-15(12-27)30-14-4-5-17-16(9-14)21(28)26-20(25-17)18-8-13-6-7-32-19(13)10-24-18/h4-10,15H,11-12H2,1-3H3,(H,25,26,28). The summed E-state index contributed by atoms with van der Waals surface area (Å²) in [6.07, 6.45) is 1.29. The smallest absolute Gasteiger partial charge is 0.410 e. The van der Waals surface area contributed by atoms with Gasteiger partial charge in [-0.3, -0.25) is 9.78 Å². The summed E-state index contributed by atoms with van der Waals surface area (Å²) in [4.78, 5) is 38.2. The SMILES string of the molecule is CC(C)(C)OC(=O)N1CC(Oc2ccc3nc(-c4cc5ccsc5cn4)[nH]c(=O)c3c2)C1. The molecule has 9 heteroatoms. The first kappa shape index (κ1) is 20.4. The molecule has 1 aromatic carbocycles. The first-order valence-corrected chi connectivity index (χ1v) is 11.2. The molecule has 0 saturated carbocycles. The molecule has 4 aromatic rings. The molecule has 0 unspecified atom stereocenters. The maximum absolute atomic E-state index is 12.7. The van der Waals surface area contributed by atoms with E-state index in [-0.39, 0.29) is 17.8 Å². The predicted octanol–water partition coefficient (Wildman–Crippen LogP) is 4.20. The molecule has 0 atom stereocenters. The van der Waals surface area contributed by atoms with E-state index in [0.717, 1.165) is 10.1 Å². The van der Waals surface area contributed by atoms with Gasteiger partial charge >= 0.3 is 6.09 Å². The number of H-pyrrole nitrogens is 1. The molecule has 1 amide bonds. The number of aromatic nitrogens is 3. The summed E-state index contributed by atoms with van der Waals surface area (Å²) in [7, 11) is 0. The second-order valence-corrected chi connectivity index (χ2v) is 9.69. The second-order valence-electron chi connectivity index (χ2n) is 8.75. The van der Waals surface area contributed by atoms with Crippen LogP contribution >= 0.6 is 11.3 Å². The minimum Gasteiger partial charge on any atom is -0.487 e. The predicted molar refractivity (Wildman–Crippen MR) is 123 cm³/mol. The van der Waals surface area contributed by atoms with Crippen LogP contribution in [0.5, 0.6) is 5.75 Å². The molecule has 32 heavy (non-hydrogen) atoms. The summed E-state index contributed by atoms with van der Waals surface area (Å²) in [5.41, 5.74) is 0.394. The fourth-order valence-corrected chi connectivity index (χ4v) is 4.23. The molecule has 0 aliphatic carbocycles. The van der Waals surface area contributed by atoms with Gasteiger partial charge in [0, 0.05) is 6.20 Å². The van der Waals surface area contributed by atoms with Crippen molar-refractivity contribution in [1.82, 2.24) is 19.9 Å². The van der Waals surface area contributed by atoms with Crippen LogP contribution in [-0.2, 0) is 4.74 Å². The lowest BCUT2D eigenvalue weighted by molar-refractivity contribution is -0.0221. The molecule has 1 N–H and O–H groups in total. The molecule has 1 saturated heterocycles. The Morgan fingerprint density at radius 2 is 2.03 bits per heavy atom. The van der Waals surface area contributed by atoms with Gasteiger partial charge in [0.15, 0.2) is 5.82 Å². The Morgan fingerprint density at radius 1 is 1.22 bits per heavy atom. The molecule has 4 heterocycles. The lowest BCUT2D eigenvalue weighted by Gasteiger charge is -2.39. The van der Waals surface area contributed by atoms with Crippen LogP contribution in [0.1, 0.15) is 20.8 Å².